The summed E-state index contributed by atoms with van der Waals surface area (Å²) in [5, 5.41) is 25.1. The van der Waals surface area contributed by atoms with E-state index in [1.54, 1.807) is 0 Å². The zero-order valence-electron chi connectivity index (χ0n) is 11.2. The molecule has 0 radical (unpaired) electrons. The molecule has 0 aliphatic rings. The van der Waals surface area contributed by atoms with E-state index in [2.05, 4.69) is 20.6 Å². The molecule has 1 heterocycles. The summed E-state index contributed by atoms with van der Waals surface area (Å²) < 4.78 is 0. The van der Waals surface area contributed by atoms with Crippen molar-refractivity contribution in [2.45, 2.75) is 32.7 Å². The predicted octanol–water partition coefficient (Wildman–Crippen LogP) is 0.762. The molecular formula is C12H22N4O2. The molecular weight excluding hydrogens is 232 g/mol. The van der Waals surface area contributed by atoms with Crippen LogP contribution in [0.5, 0.6) is 0 Å². The van der Waals surface area contributed by atoms with Crippen LogP contribution in [0.1, 0.15) is 25.8 Å². The van der Waals surface area contributed by atoms with Gasteiger partial charge in [0.1, 0.15) is 18.0 Å². The molecule has 0 spiro atoms. The Balaban J connectivity index is 2.99. The molecule has 0 aromatic carbocycles. The Morgan fingerprint density at radius 3 is 2.28 bits per heavy atom. The Morgan fingerprint density at radius 1 is 1.17 bits per heavy atom. The second-order valence-corrected chi connectivity index (χ2v) is 4.30. The van der Waals surface area contributed by atoms with Gasteiger partial charge in [-0.25, -0.2) is 9.97 Å². The fourth-order valence-corrected chi connectivity index (χ4v) is 1.61. The van der Waals surface area contributed by atoms with Crippen molar-refractivity contribution < 1.29 is 10.2 Å². The third kappa shape index (κ3) is 3.08. The third-order valence-corrected chi connectivity index (χ3v) is 3.09. The Labute approximate surface area is 107 Å². The van der Waals surface area contributed by atoms with Crippen molar-refractivity contribution in [3.63, 3.8) is 0 Å². The van der Waals surface area contributed by atoms with Crippen LogP contribution >= 0.6 is 0 Å². The van der Waals surface area contributed by atoms with Crippen molar-refractivity contribution in [3.8, 4) is 0 Å². The first-order chi connectivity index (χ1) is 8.62. The maximum absolute atomic E-state index is 9.42. The Bertz CT molecular complexity index is 372. The van der Waals surface area contributed by atoms with Gasteiger partial charge in [0.15, 0.2) is 0 Å². The minimum absolute atomic E-state index is 0.153. The Morgan fingerprint density at radius 2 is 1.78 bits per heavy atom. The van der Waals surface area contributed by atoms with Gasteiger partial charge in [0, 0.05) is 12.1 Å². The maximum Gasteiger partial charge on any atom is 0.135 e. The number of aliphatic hydroxyl groups excluding tert-OH is 2. The van der Waals surface area contributed by atoms with E-state index in [9.17, 15) is 10.2 Å². The summed E-state index contributed by atoms with van der Waals surface area (Å²) in [7, 11) is 0. The molecule has 1 rings (SSSR count). The first-order valence-corrected chi connectivity index (χ1v) is 6.17. The summed E-state index contributed by atoms with van der Waals surface area (Å²) in [4.78, 5) is 8.31. The lowest BCUT2D eigenvalue weighted by Crippen LogP contribution is -2.45. The Hall–Kier alpha value is -1.40. The van der Waals surface area contributed by atoms with Gasteiger partial charge in [-0.1, -0.05) is 6.92 Å². The van der Waals surface area contributed by atoms with Gasteiger partial charge in [0.25, 0.3) is 0 Å². The molecule has 4 N–H and O–H groups in total. The third-order valence-electron chi connectivity index (χ3n) is 3.09. The summed E-state index contributed by atoms with van der Waals surface area (Å²) >= 11 is 0. The predicted molar refractivity (Wildman–Crippen MR) is 71.7 cm³/mol. The molecule has 0 amide bonds. The lowest BCUT2D eigenvalue weighted by Gasteiger charge is -2.31. The maximum atomic E-state index is 9.42. The van der Waals surface area contributed by atoms with E-state index in [4.69, 9.17) is 0 Å². The van der Waals surface area contributed by atoms with Crippen LogP contribution in [0.3, 0.4) is 0 Å². The fourth-order valence-electron chi connectivity index (χ4n) is 1.61. The highest BCUT2D eigenvalue weighted by Gasteiger charge is 2.27. The number of aromatic nitrogens is 2. The quantitative estimate of drug-likeness (QED) is 0.574. The van der Waals surface area contributed by atoms with Gasteiger partial charge in [0.05, 0.1) is 18.8 Å². The summed E-state index contributed by atoms with van der Waals surface area (Å²) in [6, 6.07) is 0. The average molecular weight is 254 g/mol. The molecule has 0 unspecified atom stereocenters. The molecule has 18 heavy (non-hydrogen) atoms. The van der Waals surface area contributed by atoms with E-state index in [0.29, 0.717) is 12.2 Å². The second-order valence-electron chi connectivity index (χ2n) is 4.30. The van der Waals surface area contributed by atoms with Crippen LogP contribution < -0.4 is 10.6 Å². The van der Waals surface area contributed by atoms with Crippen molar-refractivity contribution in [3.05, 3.63) is 11.9 Å². The number of nitrogens with zero attached hydrogens (tertiary/aromatic N) is 2. The van der Waals surface area contributed by atoms with E-state index in [1.165, 1.54) is 6.33 Å². The van der Waals surface area contributed by atoms with Crippen LogP contribution in [0.4, 0.5) is 11.6 Å². The molecule has 6 heteroatoms. The van der Waals surface area contributed by atoms with Crippen LogP contribution in [0.2, 0.25) is 0 Å². The smallest absolute Gasteiger partial charge is 0.135 e. The SMILES string of the molecule is CCNc1ncnc(NC(CC)(CO)CO)c1C. The van der Waals surface area contributed by atoms with Gasteiger partial charge in [-0.2, -0.15) is 0 Å². The van der Waals surface area contributed by atoms with E-state index in [0.717, 1.165) is 17.9 Å². The number of hydrogen-bond acceptors (Lipinski definition) is 6. The lowest BCUT2D eigenvalue weighted by atomic mass is 9.98. The molecule has 1 aromatic rings. The van der Waals surface area contributed by atoms with E-state index < -0.39 is 5.54 Å². The van der Waals surface area contributed by atoms with E-state index >= 15 is 0 Å². The van der Waals surface area contributed by atoms with Crippen LogP contribution in [-0.4, -0.2) is 45.5 Å². The van der Waals surface area contributed by atoms with Gasteiger partial charge in [-0.3, -0.25) is 0 Å². The van der Waals surface area contributed by atoms with Crippen LogP contribution in [0.15, 0.2) is 6.33 Å². The highest BCUT2D eigenvalue weighted by Crippen LogP contribution is 2.23. The van der Waals surface area contributed by atoms with E-state index in [1.807, 2.05) is 20.8 Å². The number of aliphatic hydroxyl groups is 2. The number of anilines is 2. The molecule has 0 bridgehead atoms. The van der Waals surface area contributed by atoms with Crippen LogP contribution in [0, 0.1) is 6.92 Å². The molecule has 0 saturated heterocycles. The molecule has 0 atom stereocenters. The zero-order chi connectivity index (χ0) is 13.6. The second kappa shape index (κ2) is 6.51. The molecule has 0 aliphatic heterocycles. The number of rotatable bonds is 7. The van der Waals surface area contributed by atoms with Gasteiger partial charge < -0.3 is 20.8 Å². The minimum Gasteiger partial charge on any atom is -0.394 e. The largest absolute Gasteiger partial charge is 0.394 e. The molecule has 0 saturated carbocycles. The fraction of sp³-hybridized carbons (Fsp3) is 0.667. The average Bonchev–Trinajstić information content (AvgIpc) is 2.41. The Kier molecular flexibility index (Phi) is 5.30. The van der Waals surface area contributed by atoms with Crippen molar-refractivity contribution in [2.75, 3.05) is 30.4 Å². The standard InChI is InChI=1S/C12H22N4O2/c1-4-12(6-17,7-18)16-11-9(3)10(13-5-2)14-8-15-11/h8,17-18H,4-7H2,1-3H3,(H2,13,14,15,16). The van der Waals surface area contributed by atoms with Gasteiger partial charge in [-0.05, 0) is 20.3 Å². The highest BCUT2D eigenvalue weighted by atomic mass is 16.3. The van der Waals surface area contributed by atoms with Gasteiger partial charge in [-0.15, -0.1) is 0 Å². The molecule has 1 aromatic heterocycles. The molecule has 0 fully saturated rings. The first-order valence-electron chi connectivity index (χ1n) is 6.17. The molecule has 6 nitrogen and oxygen atoms in total. The van der Waals surface area contributed by atoms with Crippen molar-refractivity contribution in [2.24, 2.45) is 0 Å². The van der Waals surface area contributed by atoms with E-state index in [-0.39, 0.29) is 13.2 Å². The highest BCUT2D eigenvalue weighted by molar-refractivity contribution is 5.57. The first kappa shape index (κ1) is 14.7. The van der Waals surface area contributed by atoms with Crippen molar-refractivity contribution in [1.29, 1.82) is 0 Å². The zero-order valence-corrected chi connectivity index (χ0v) is 11.2. The lowest BCUT2D eigenvalue weighted by molar-refractivity contribution is 0.132. The summed E-state index contributed by atoms with van der Waals surface area (Å²) in [6.07, 6.45) is 2.06. The van der Waals surface area contributed by atoms with Crippen molar-refractivity contribution in [1.82, 2.24) is 9.97 Å². The monoisotopic (exact) mass is 254 g/mol. The summed E-state index contributed by atoms with van der Waals surface area (Å²) in [5.74, 6) is 1.39. The van der Waals surface area contributed by atoms with Crippen LogP contribution in [-0.2, 0) is 0 Å². The van der Waals surface area contributed by atoms with Crippen LogP contribution in [0.25, 0.3) is 0 Å². The number of nitrogens with one attached hydrogen (secondary N) is 2. The normalized spacial score (nSPS) is 11.4. The molecule has 102 valence electrons. The number of hydrogen-bond donors (Lipinski definition) is 4. The molecule has 0 aliphatic carbocycles. The summed E-state index contributed by atoms with van der Waals surface area (Å²) in [6.45, 7) is 6.26. The van der Waals surface area contributed by atoms with Gasteiger partial charge in [0.2, 0.25) is 0 Å². The minimum atomic E-state index is -0.747. The van der Waals surface area contributed by atoms with Crippen molar-refractivity contribution >= 4 is 11.6 Å². The topological polar surface area (TPSA) is 90.3 Å². The van der Waals surface area contributed by atoms with Gasteiger partial charge >= 0.3 is 0 Å². The summed E-state index contributed by atoms with van der Waals surface area (Å²) in [5.41, 5.74) is 0.127.